The second-order valence-electron chi connectivity index (χ2n) is 7.04. The second-order valence-corrected chi connectivity index (χ2v) is 7.04. The largest absolute Gasteiger partial charge is 0.433 e. The maximum atomic E-state index is 13.0. The van der Waals surface area contributed by atoms with Gasteiger partial charge >= 0.3 is 6.18 Å². The quantitative estimate of drug-likeness (QED) is 0.398. The molecule has 1 heterocycles. The van der Waals surface area contributed by atoms with E-state index in [1.807, 2.05) is 0 Å². The standard InChI is InChI=1S/C19H20F3NO5/c1-27-6-7-28-9-13-12(4-5-14(23-13)19(20,21)22)18(26)15-16(24)10-2-3-11(8-10)17(15)25/h4-5,10-11,15H,2-3,6-9H2,1H3/t10-,11+,15?. The molecule has 6 nitrogen and oxygen atoms in total. The van der Waals surface area contributed by atoms with E-state index in [-0.39, 0.29) is 42.9 Å². The molecule has 2 aliphatic carbocycles. The highest BCUT2D eigenvalue weighted by Crippen LogP contribution is 2.41. The van der Waals surface area contributed by atoms with Crippen LogP contribution in [0.15, 0.2) is 12.1 Å². The van der Waals surface area contributed by atoms with Crippen LogP contribution in [0.25, 0.3) is 0 Å². The van der Waals surface area contributed by atoms with E-state index in [2.05, 4.69) is 4.98 Å². The van der Waals surface area contributed by atoms with Gasteiger partial charge in [0, 0.05) is 24.5 Å². The van der Waals surface area contributed by atoms with Crippen LogP contribution in [-0.4, -0.2) is 42.7 Å². The van der Waals surface area contributed by atoms with Crippen molar-refractivity contribution in [1.29, 1.82) is 0 Å². The Bertz CT molecular complexity index is 770. The van der Waals surface area contributed by atoms with E-state index in [9.17, 15) is 27.6 Å². The summed E-state index contributed by atoms with van der Waals surface area (Å²) in [4.78, 5) is 41.6. The Morgan fingerprint density at radius 2 is 1.79 bits per heavy atom. The van der Waals surface area contributed by atoms with Gasteiger partial charge in [-0.2, -0.15) is 13.2 Å². The minimum Gasteiger partial charge on any atom is -0.382 e. The average Bonchev–Trinajstić information content (AvgIpc) is 3.10. The van der Waals surface area contributed by atoms with E-state index in [1.54, 1.807) is 0 Å². The number of carbonyl (C=O) groups is 3. The first-order valence-corrected chi connectivity index (χ1v) is 8.99. The van der Waals surface area contributed by atoms with Crippen molar-refractivity contribution in [2.24, 2.45) is 17.8 Å². The average molecular weight is 399 g/mol. The van der Waals surface area contributed by atoms with Crippen LogP contribution in [0, 0.1) is 17.8 Å². The number of methoxy groups -OCH3 is 1. The molecule has 0 aromatic carbocycles. The van der Waals surface area contributed by atoms with Crippen molar-refractivity contribution in [3.8, 4) is 0 Å². The third-order valence-electron chi connectivity index (χ3n) is 5.27. The highest BCUT2D eigenvalue weighted by atomic mass is 19.4. The zero-order valence-corrected chi connectivity index (χ0v) is 15.3. The highest BCUT2D eigenvalue weighted by molar-refractivity contribution is 6.26. The molecule has 1 unspecified atom stereocenters. The number of halogens is 3. The first-order valence-electron chi connectivity index (χ1n) is 8.99. The third kappa shape index (κ3) is 4.00. The van der Waals surface area contributed by atoms with Gasteiger partial charge in [-0.25, -0.2) is 4.98 Å². The molecule has 152 valence electrons. The molecule has 0 radical (unpaired) electrons. The number of aromatic nitrogens is 1. The van der Waals surface area contributed by atoms with Gasteiger partial charge in [-0.15, -0.1) is 0 Å². The highest BCUT2D eigenvalue weighted by Gasteiger charge is 2.50. The summed E-state index contributed by atoms with van der Waals surface area (Å²) in [5, 5.41) is 0. The van der Waals surface area contributed by atoms with Crippen LogP contribution < -0.4 is 0 Å². The van der Waals surface area contributed by atoms with Crippen molar-refractivity contribution >= 4 is 17.3 Å². The molecule has 2 fully saturated rings. The molecular formula is C19H20F3NO5. The van der Waals surface area contributed by atoms with Crippen LogP contribution in [0.4, 0.5) is 13.2 Å². The van der Waals surface area contributed by atoms with Gasteiger partial charge in [0.15, 0.2) is 17.3 Å². The molecular weight excluding hydrogens is 379 g/mol. The minimum atomic E-state index is -4.70. The number of nitrogens with zero attached hydrogens (tertiary/aromatic N) is 1. The fraction of sp³-hybridized carbons (Fsp3) is 0.579. The van der Waals surface area contributed by atoms with E-state index in [0.29, 0.717) is 25.3 Å². The number of hydrogen-bond acceptors (Lipinski definition) is 6. The molecule has 3 rings (SSSR count). The zero-order valence-electron chi connectivity index (χ0n) is 15.3. The summed E-state index contributed by atoms with van der Waals surface area (Å²) < 4.78 is 49.1. The van der Waals surface area contributed by atoms with Crippen LogP contribution >= 0.6 is 0 Å². The predicted molar refractivity (Wildman–Crippen MR) is 89.4 cm³/mol. The van der Waals surface area contributed by atoms with Crippen LogP contribution in [0.1, 0.15) is 41.0 Å². The minimum absolute atomic E-state index is 0.0908. The number of rotatable bonds is 7. The molecule has 2 aliphatic rings. The molecule has 0 N–H and O–H groups in total. The molecule has 0 amide bonds. The van der Waals surface area contributed by atoms with Crippen LogP contribution in [0.2, 0.25) is 0 Å². The van der Waals surface area contributed by atoms with Crippen LogP contribution in [-0.2, 0) is 31.8 Å². The summed E-state index contributed by atoms with van der Waals surface area (Å²) in [6.45, 7) is -0.0605. The lowest BCUT2D eigenvalue weighted by molar-refractivity contribution is -0.141. The van der Waals surface area contributed by atoms with Crippen LogP contribution in [0.3, 0.4) is 0 Å². The number of alkyl halides is 3. The summed E-state index contributed by atoms with van der Waals surface area (Å²) in [7, 11) is 1.44. The number of ether oxygens (including phenoxy) is 2. The van der Waals surface area contributed by atoms with Gasteiger partial charge in [-0.1, -0.05) is 0 Å². The molecule has 0 spiro atoms. The SMILES string of the molecule is COCCOCc1nc(C(F)(F)F)ccc1C(=O)C1C(=O)[C@@H]2CC[C@@H](C2)C1=O. The lowest BCUT2D eigenvalue weighted by atomic mass is 9.75. The fourth-order valence-corrected chi connectivity index (χ4v) is 3.83. The molecule has 2 saturated carbocycles. The van der Waals surface area contributed by atoms with Gasteiger partial charge in [0.1, 0.15) is 11.6 Å². The summed E-state index contributed by atoms with van der Waals surface area (Å²) >= 11 is 0. The van der Waals surface area contributed by atoms with Crippen molar-refractivity contribution in [3.63, 3.8) is 0 Å². The Labute approximate surface area is 159 Å². The van der Waals surface area contributed by atoms with Gasteiger partial charge in [0.05, 0.1) is 25.5 Å². The van der Waals surface area contributed by atoms with E-state index < -0.39 is 35.1 Å². The second kappa shape index (κ2) is 8.08. The maximum Gasteiger partial charge on any atom is 0.433 e. The Morgan fingerprint density at radius 1 is 1.14 bits per heavy atom. The Kier molecular flexibility index (Phi) is 5.95. The number of ketones is 3. The fourth-order valence-electron chi connectivity index (χ4n) is 3.83. The number of carbonyl (C=O) groups excluding carboxylic acids is 3. The Morgan fingerprint density at radius 3 is 2.36 bits per heavy atom. The summed E-state index contributed by atoms with van der Waals surface area (Å²) in [5.74, 6) is -3.79. The normalized spacial score (nSPS) is 24.6. The monoisotopic (exact) mass is 399 g/mol. The molecule has 2 bridgehead atoms. The number of Topliss-reactive ketones (excluding diaryl/α,β-unsaturated/α-hetero) is 3. The smallest absolute Gasteiger partial charge is 0.382 e. The molecule has 0 saturated heterocycles. The molecule has 1 aromatic heterocycles. The van der Waals surface area contributed by atoms with Crippen LogP contribution in [0.5, 0.6) is 0 Å². The van der Waals surface area contributed by atoms with Crippen molar-refractivity contribution in [3.05, 3.63) is 29.1 Å². The van der Waals surface area contributed by atoms with Gasteiger partial charge in [0.25, 0.3) is 0 Å². The van der Waals surface area contributed by atoms with Crippen molar-refractivity contribution in [1.82, 2.24) is 4.98 Å². The van der Waals surface area contributed by atoms with Gasteiger partial charge < -0.3 is 9.47 Å². The lowest BCUT2D eigenvalue weighted by Gasteiger charge is -2.25. The number of hydrogen-bond donors (Lipinski definition) is 0. The molecule has 1 aromatic rings. The first kappa shape index (κ1) is 20.6. The number of fused-ring (bicyclic) bond motifs is 2. The zero-order chi connectivity index (χ0) is 20.5. The number of pyridine rings is 1. The summed E-state index contributed by atoms with van der Waals surface area (Å²) in [6.07, 6.45) is -3.10. The Hall–Kier alpha value is -2.13. The lowest BCUT2D eigenvalue weighted by Crippen LogP contribution is -2.42. The van der Waals surface area contributed by atoms with E-state index in [0.717, 1.165) is 6.07 Å². The Balaban J connectivity index is 1.91. The molecule has 9 heteroatoms. The topological polar surface area (TPSA) is 82.6 Å². The third-order valence-corrected chi connectivity index (χ3v) is 5.27. The van der Waals surface area contributed by atoms with Crippen molar-refractivity contribution in [2.45, 2.75) is 32.0 Å². The molecule has 0 aliphatic heterocycles. The van der Waals surface area contributed by atoms with Crippen molar-refractivity contribution < 1.29 is 37.0 Å². The van der Waals surface area contributed by atoms with E-state index in [1.165, 1.54) is 7.11 Å². The van der Waals surface area contributed by atoms with Gasteiger partial charge in [0.2, 0.25) is 0 Å². The maximum absolute atomic E-state index is 13.0. The van der Waals surface area contributed by atoms with Gasteiger partial charge in [-0.3, -0.25) is 14.4 Å². The van der Waals surface area contributed by atoms with Crippen molar-refractivity contribution in [2.75, 3.05) is 20.3 Å². The summed E-state index contributed by atoms with van der Waals surface area (Å²) in [6, 6.07) is 1.66. The van der Waals surface area contributed by atoms with Gasteiger partial charge in [-0.05, 0) is 31.4 Å². The summed E-state index contributed by atoms with van der Waals surface area (Å²) in [5.41, 5.74) is -1.59. The predicted octanol–water partition coefficient (Wildman–Crippen LogP) is 2.63. The molecule has 28 heavy (non-hydrogen) atoms. The first-order chi connectivity index (χ1) is 13.2. The van der Waals surface area contributed by atoms with E-state index in [4.69, 9.17) is 9.47 Å². The van der Waals surface area contributed by atoms with E-state index >= 15 is 0 Å². The molecule has 3 atom stereocenters.